The molecule has 0 saturated heterocycles. The van der Waals surface area contributed by atoms with Crippen molar-refractivity contribution in [2.45, 2.75) is 44.6 Å². The van der Waals surface area contributed by atoms with E-state index in [1.54, 1.807) is 6.92 Å². The van der Waals surface area contributed by atoms with Gasteiger partial charge in [0.05, 0.1) is 5.92 Å². The summed E-state index contributed by atoms with van der Waals surface area (Å²) in [4.78, 5) is 36.0. The van der Waals surface area contributed by atoms with Crippen LogP contribution >= 0.6 is 0 Å². The van der Waals surface area contributed by atoms with Gasteiger partial charge in [-0.05, 0) is 54.4 Å². The van der Waals surface area contributed by atoms with Gasteiger partial charge in [0.2, 0.25) is 5.91 Å². The molecule has 174 valence electrons. The molecule has 2 aromatic rings. The van der Waals surface area contributed by atoms with Crippen LogP contribution in [0.15, 0.2) is 48.5 Å². The molecule has 0 spiro atoms. The Labute approximate surface area is 193 Å². The first-order chi connectivity index (χ1) is 15.9. The predicted octanol–water partition coefficient (Wildman–Crippen LogP) is 3.92. The van der Waals surface area contributed by atoms with Crippen LogP contribution in [-0.4, -0.2) is 42.3 Å². The quantitative estimate of drug-likeness (QED) is 0.593. The fourth-order valence-corrected chi connectivity index (χ4v) is 4.98. The molecule has 7 nitrogen and oxygen atoms in total. The van der Waals surface area contributed by atoms with Crippen LogP contribution in [0, 0.1) is 11.8 Å². The summed E-state index contributed by atoms with van der Waals surface area (Å²) in [6.07, 6.45) is 2.38. The Hall–Kier alpha value is -3.35. The van der Waals surface area contributed by atoms with Crippen LogP contribution in [0.2, 0.25) is 0 Å². The maximum Gasteiger partial charge on any atom is 0.407 e. The van der Waals surface area contributed by atoms with Gasteiger partial charge in [0, 0.05) is 12.5 Å². The van der Waals surface area contributed by atoms with E-state index < -0.39 is 18.1 Å². The van der Waals surface area contributed by atoms with E-state index in [9.17, 15) is 19.5 Å². The second-order valence-electron chi connectivity index (χ2n) is 9.00. The standard InChI is InChI=1S/C26H30N2O5/c1-16(24(29)27-14-17-7-6-8-18(13-17)25(30)31)28-26(32)33-15-23-21-11-4-2-9-19(21)20-10-3-5-12-22(20)23/h2-5,9-12,16-18,23H,6-8,13-15H2,1H3,(H,27,29)(H,28,32)(H,30,31)/t16-,17?,18?/m1/s1. The fraction of sp³-hybridized carbons (Fsp3) is 0.423. The molecule has 0 heterocycles. The zero-order valence-corrected chi connectivity index (χ0v) is 18.8. The van der Waals surface area contributed by atoms with Gasteiger partial charge in [-0.15, -0.1) is 0 Å². The van der Waals surface area contributed by atoms with Gasteiger partial charge < -0.3 is 20.5 Å². The number of hydrogen-bond acceptors (Lipinski definition) is 4. The Kier molecular flexibility index (Phi) is 6.96. The zero-order valence-electron chi connectivity index (χ0n) is 18.8. The fourth-order valence-electron chi connectivity index (χ4n) is 4.98. The smallest absolute Gasteiger partial charge is 0.407 e. The molecule has 2 amide bonds. The Balaban J connectivity index is 1.26. The molecular weight excluding hydrogens is 420 g/mol. The van der Waals surface area contributed by atoms with Crippen molar-refractivity contribution >= 4 is 18.0 Å². The third-order valence-corrected chi connectivity index (χ3v) is 6.77. The Bertz CT molecular complexity index is 991. The van der Waals surface area contributed by atoms with Crippen LogP contribution in [-0.2, 0) is 14.3 Å². The van der Waals surface area contributed by atoms with E-state index in [0.29, 0.717) is 19.4 Å². The zero-order chi connectivity index (χ0) is 23.4. The molecule has 1 fully saturated rings. The number of carbonyl (C=O) groups excluding carboxylic acids is 2. The van der Waals surface area contributed by atoms with Crippen LogP contribution in [0.3, 0.4) is 0 Å². The number of carboxylic acids is 1. The lowest BCUT2D eigenvalue weighted by Gasteiger charge is -2.27. The van der Waals surface area contributed by atoms with Crippen molar-refractivity contribution in [1.82, 2.24) is 10.6 Å². The predicted molar refractivity (Wildman–Crippen MR) is 124 cm³/mol. The highest BCUT2D eigenvalue weighted by Crippen LogP contribution is 2.44. The van der Waals surface area contributed by atoms with E-state index >= 15 is 0 Å². The molecular formula is C26H30N2O5. The number of fused-ring (bicyclic) bond motifs is 3. The van der Waals surface area contributed by atoms with Crippen molar-refractivity contribution < 1.29 is 24.2 Å². The summed E-state index contributed by atoms with van der Waals surface area (Å²) < 4.78 is 5.50. The van der Waals surface area contributed by atoms with Gasteiger partial charge in [0.25, 0.3) is 0 Å². The Morgan fingerprint density at radius 2 is 1.67 bits per heavy atom. The van der Waals surface area contributed by atoms with Gasteiger partial charge >= 0.3 is 12.1 Å². The van der Waals surface area contributed by atoms with E-state index in [2.05, 4.69) is 34.9 Å². The van der Waals surface area contributed by atoms with Gasteiger partial charge in [-0.25, -0.2) is 4.79 Å². The van der Waals surface area contributed by atoms with E-state index in [-0.39, 0.29) is 30.3 Å². The van der Waals surface area contributed by atoms with Gasteiger partial charge in [-0.3, -0.25) is 9.59 Å². The van der Waals surface area contributed by atoms with Gasteiger partial charge in [-0.2, -0.15) is 0 Å². The minimum Gasteiger partial charge on any atom is -0.481 e. The van der Waals surface area contributed by atoms with E-state index in [1.807, 2.05) is 24.3 Å². The highest BCUT2D eigenvalue weighted by atomic mass is 16.5. The molecule has 2 unspecified atom stereocenters. The lowest BCUT2D eigenvalue weighted by Crippen LogP contribution is -2.46. The van der Waals surface area contributed by atoms with E-state index in [0.717, 1.165) is 35.1 Å². The minimum atomic E-state index is -0.767. The van der Waals surface area contributed by atoms with Crippen LogP contribution in [0.25, 0.3) is 11.1 Å². The number of alkyl carbamates (subject to hydrolysis) is 1. The largest absolute Gasteiger partial charge is 0.481 e. The van der Waals surface area contributed by atoms with Crippen molar-refractivity contribution in [2.75, 3.05) is 13.2 Å². The summed E-state index contributed by atoms with van der Waals surface area (Å²) >= 11 is 0. The molecule has 3 N–H and O–H groups in total. The molecule has 3 atom stereocenters. The molecule has 4 rings (SSSR count). The third kappa shape index (κ3) is 5.18. The second-order valence-corrected chi connectivity index (χ2v) is 9.00. The van der Waals surface area contributed by atoms with E-state index in [1.165, 1.54) is 0 Å². The Morgan fingerprint density at radius 1 is 1.03 bits per heavy atom. The van der Waals surface area contributed by atoms with Crippen molar-refractivity contribution in [1.29, 1.82) is 0 Å². The number of benzene rings is 2. The number of hydrogen-bond donors (Lipinski definition) is 3. The van der Waals surface area contributed by atoms with Crippen molar-refractivity contribution in [3.05, 3.63) is 59.7 Å². The summed E-state index contributed by atoms with van der Waals surface area (Å²) in [6, 6.07) is 15.5. The number of carbonyl (C=O) groups is 3. The highest BCUT2D eigenvalue weighted by molar-refractivity contribution is 5.85. The average molecular weight is 451 g/mol. The van der Waals surface area contributed by atoms with Crippen molar-refractivity contribution in [3.63, 3.8) is 0 Å². The van der Waals surface area contributed by atoms with Crippen LogP contribution in [0.1, 0.15) is 49.7 Å². The molecule has 7 heteroatoms. The number of rotatable bonds is 7. The number of amides is 2. The lowest BCUT2D eigenvalue weighted by molar-refractivity contribution is -0.143. The molecule has 2 aliphatic rings. The van der Waals surface area contributed by atoms with Gasteiger partial charge in [-0.1, -0.05) is 55.0 Å². The number of nitrogens with one attached hydrogen (secondary N) is 2. The molecule has 2 aromatic carbocycles. The van der Waals surface area contributed by atoms with Crippen LogP contribution in [0.4, 0.5) is 4.79 Å². The summed E-state index contributed by atoms with van der Waals surface area (Å²) in [7, 11) is 0. The van der Waals surface area contributed by atoms with E-state index in [4.69, 9.17) is 4.74 Å². The molecule has 1 saturated carbocycles. The second kappa shape index (κ2) is 10.1. The normalized spacial score (nSPS) is 20.3. The molecule has 0 radical (unpaired) electrons. The summed E-state index contributed by atoms with van der Waals surface area (Å²) in [5.41, 5.74) is 4.57. The number of carboxylic acid groups (broad SMARTS) is 1. The maximum absolute atomic E-state index is 12.4. The van der Waals surface area contributed by atoms with Gasteiger partial charge in [0.1, 0.15) is 12.6 Å². The molecule has 2 aliphatic carbocycles. The summed E-state index contributed by atoms with van der Waals surface area (Å²) in [5.74, 6) is -1.31. The highest BCUT2D eigenvalue weighted by Gasteiger charge is 2.30. The SMILES string of the molecule is C[C@@H](NC(=O)OCC1c2ccccc2-c2ccccc21)C(=O)NCC1CCCC(C(=O)O)C1. The van der Waals surface area contributed by atoms with Crippen LogP contribution in [0.5, 0.6) is 0 Å². The average Bonchev–Trinajstić information content (AvgIpc) is 3.15. The molecule has 33 heavy (non-hydrogen) atoms. The maximum atomic E-state index is 12.4. The van der Waals surface area contributed by atoms with Gasteiger partial charge in [0.15, 0.2) is 0 Å². The minimum absolute atomic E-state index is 0.0410. The topological polar surface area (TPSA) is 105 Å². The first kappa shape index (κ1) is 22.8. The number of ether oxygens (including phenoxy) is 1. The summed E-state index contributed by atoms with van der Waals surface area (Å²) in [5, 5.41) is 14.6. The van der Waals surface area contributed by atoms with Crippen molar-refractivity contribution in [2.24, 2.45) is 11.8 Å². The summed E-state index contributed by atoms with van der Waals surface area (Å²) in [6.45, 7) is 2.21. The number of aliphatic carboxylic acids is 1. The third-order valence-electron chi connectivity index (χ3n) is 6.77. The monoisotopic (exact) mass is 450 g/mol. The molecule has 0 aromatic heterocycles. The Morgan fingerprint density at radius 3 is 2.30 bits per heavy atom. The lowest BCUT2D eigenvalue weighted by atomic mass is 9.81. The van der Waals surface area contributed by atoms with Crippen LogP contribution < -0.4 is 10.6 Å². The van der Waals surface area contributed by atoms with Crippen molar-refractivity contribution in [3.8, 4) is 11.1 Å². The first-order valence-corrected chi connectivity index (χ1v) is 11.6. The first-order valence-electron chi connectivity index (χ1n) is 11.6. The molecule has 0 aliphatic heterocycles. The molecule has 0 bridgehead atoms.